The Balaban J connectivity index is 2.52. The average Bonchev–Trinajstić information content (AvgIpc) is 2.59. The van der Waals surface area contributed by atoms with Crippen LogP contribution in [0, 0.1) is 0 Å². The van der Waals surface area contributed by atoms with Crippen LogP contribution in [0.3, 0.4) is 0 Å². The smallest absolute Gasteiger partial charge is 0.0303 e. The summed E-state index contributed by atoms with van der Waals surface area (Å²) < 4.78 is 0. The van der Waals surface area contributed by atoms with Crippen LogP contribution in [0.2, 0.25) is 0 Å². The summed E-state index contributed by atoms with van der Waals surface area (Å²) >= 11 is 0. The second kappa shape index (κ2) is 3.74. The van der Waals surface area contributed by atoms with Gasteiger partial charge in [0.15, 0.2) is 0 Å². The zero-order valence-corrected chi connectivity index (χ0v) is 9.14. The molecule has 2 rings (SSSR count). The molecule has 0 saturated carbocycles. The van der Waals surface area contributed by atoms with Gasteiger partial charge in [-0.25, -0.2) is 0 Å². The number of nitrogens with two attached hydrogens (primary N) is 1. The lowest BCUT2D eigenvalue weighted by molar-refractivity contribution is 0.707. The van der Waals surface area contributed by atoms with Crippen LogP contribution in [0.25, 0.3) is 0 Å². The molecule has 1 nitrogen and oxygen atoms in total. The summed E-state index contributed by atoms with van der Waals surface area (Å²) in [7, 11) is 0. The molecule has 2 N–H and O–H groups in total. The average molecular weight is 189 g/mol. The van der Waals surface area contributed by atoms with E-state index in [0.717, 1.165) is 19.3 Å². The molecule has 1 aromatic rings. The zero-order chi connectivity index (χ0) is 10.1. The van der Waals surface area contributed by atoms with E-state index in [1.807, 2.05) is 0 Å². The molecule has 0 amide bonds. The molecule has 0 bridgehead atoms. The minimum Gasteiger partial charge on any atom is -0.324 e. The van der Waals surface area contributed by atoms with E-state index in [1.54, 1.807) is 0 Å². The molecule has 1 aromatic carbocycles. The molecule has 0 heterocycles. The highest BCUT2D eigenvalue weighted by Crippen LogP contribution is 2.33. The minimum absolute atomic E-state index is 0.297. The van der Waals surface area contributed by atoms with Crippen molar-refractivity contribution < 1.29 is 0 Å². The van der Waals surface area contributed by atoms with Gasteiger partial charge in [-0.1, -0.05) is 26.0 Å². The third kappa shape index (κ3) is 1.46. The van der Waals surface area contributed by atoms with Gasteiger partial charge in [0, 0.05) is 6.04 Å². The van der Waals surface area contributed by atoms with Crippen molar-refractivity contribution in [3.8, 4) is 0 Å². The predicted octanol–water partition coefficient (Wildman–Crippen LogP) is 2.76. The minimum atomic E-state index is 0.297. The first-order valence-electron chi connectivity index (χ1n) is 5.66. The van der Waals surface area contributed by atoms with Crippen LogP contribution in [0.15, 0.2) is 12.1 Å². The first-order chi connectivity index (χ1) is 6.76. The predicted molar refractivity (Wildman–Crippen MR) is 60.4 cm³/mol. The quantitative estimate of drug-likeness (QED) is 0.760. The number of hydrogen-bond acceptors (Lipinski definition) is 1. The molecule has 0 spiro atoms. The molecule has 0 aliphatic heterocycles. The van der Waals surface area contributed by atoms with Gasteiger partial charge in [0.2, 0.25) is 0 Å². The molecule has 0 aromatic heterocycles. The summed E-state index contributed by atoms with van der Waals surface area (Å²) in [6.45, 7) is 4.44. The molecular weight excluding hydrogens is 170 g/mol. The summed E-state index contributed by atoms with van der Waals surface area (Å²) in [4.78, 5) is 0. The van der Waals surface area contributed by atoms with Crippen molar-refractivity contribution in [3.63, 3.8) is 0 Å². The Morgan fingerprint density at radius 3 is 2.71 bits per heavy atom. The van der Waals surface area contributed by atoms with Crippen molar-refractivity contribution in [1.29, 1.82) is 0 Å². The van der Waals surface area contributed by atoms with Gasteiger partial charge in [0.25, 0.3) is 0 Å². The third-order valence-electron chi connectivity index (χ3n) is 3.30. The fraction of sp³-hybridized carbons (Fsp3) is 0.538. The van der Waals surface area contributed by atoms with E-state index in [1.165, 1.54) is 28.7 Å². The molecule has 0 saturated heterocycles. The Labute approximate surface area is 86.3 Å². The molecule has 0 unspecified atom stereocenters. The number of hydrogen-bond donors (Lipinski definition) is 1. The lowest BCUT2D eigenvalue weighted by Gasteiger charge is -2.12. The number of fused-ring (bicyclic) bond motifs is 1. The van der Waals surface area contributed by atoms with E-state index in [4.69, 9.17) is 5.73 Å². The highest BCUT2D eigenvalue weighted by Gasteiger charge is 2.21. The molecule has 76 valence electrons. The van der Waals surface area contributed by atoms with Gasteiger partial charge in [-0.3, -0.25) is 0 Å². The molecule has 0 radical (unpaired) electrons. The van der Waals surface area contributed by atoms with Crippen molar-refractivity contribution >= 4 is 0 Å². The Hall–Kier alpha value is -0.820. The van der Waals surface area contributed by atoms with E-state index in [9.17, 15) is 0 Å². The van der Waals surface area contributed by atoms with E-state index in [0.29, 0.717) is 6.04 Å². The van der Waals surface area contributed by atoms with Crippen LogP contribution in [-0.4, -0.2) is 0 Å². The lowest BCUT2D eigenvalue weighted by atomic mass is 9.95. The monoisotopic (exact) mass is 189 g/mol. The lowest BCUT2D eigenvalue weighted by Crippen LogP contribution is -2.08. The summed E-state index contributed by atoms with van der Waals surface area (Å²) in [5.74, 6) is 0. The first-order valence-corrected chi connectivity index (χ1v) is 5.66. The number of rotatable bonds is 2. The normalized spacial score (nSPS) is 19.8. The molecule has 1 atom stereocenters. The van der Waals surface area contributed by atoms with E-state index in [2.05, 4.69) is 26.0 Å². The van der Waals surface area contributed by atoms with Crippen LogP contribution in [0.4, 0.5) is 0 Å². The van der Waals surface area contributed by atoms with Crippen molar-refractivity contribution in [2.75, 3.05) is 0 Å². The summed E-state index contributed by atoms with van der Waals surface area (Å²) in [5.41, 5.74) is 12.0. The van der Waals surface area contributed by atoms with Crippen molar-refractivity contribution in [2.45, 2.75) is 45.6 Å². The standard InChI is InChI=1S/C13H19N/c1-3-9-7-10(4-2)13-11(8-9)5-6-12(13)14/h7-8,12H,3-6,14H2,1-2H3/t12-/m1/s1. The largest absolute Gasteiger partial charge is 0.324 e. The Kier molecular flexibility index (Phi) is 2.60. The van der Waals surface area contributed by atoms with Crippen LogP contribution >= 0.6 is 0 Å². The summed E-state index contributed by atoms with van der Waals surface area (Å²) in [6, 6.07) is 4.98. The van der Waals surface area contributed by atoms with E-state index in [-0.39, 0.29) is 0 Å². The maximum absolute atomic E-state index is 6.11. The highest BCUT2D eigenvalue weighted by atomic mass is 14.6. The maximum atomic E-state index is 6.11. The number of aryl methyl sites for hydroxylation is 3. The third-order valence-corrected chi connectivity index (χ3v) is 3.30. The SMILES string of the molecule is CCc1cc(CC)c2c(c1)CC[C@H]2N. The zero-order valence-electron chi connectivity index (χ0n) is 9.14. The molecule has 14 heavy (non-hydrogen) atoms. The van der Waals surface area contributed by atoms with Gasteiger partial charge >= 0.3 is 0 Å². The second-order valence-corrected chi connectivity index (χ2v) is 4.18. The Bertz CT molecular complexity index is 341. The maximum Gasteiger partial charge on any atom is 0.0303 e. The van der Waals surface area contributed by atoms with Crippen molar-refractivity contribution in [1.82, 2.24) is 0 Å². The van der Waals surface area contributed by atoms with E-state index >= 15 is 0 Å². The second-order valence-electron chi connectivity index (χ2n) is 4.18. The van der Waals surface area contributed by atoms with Gasteiger partial charge in [-0.15, -0.1) is 0 Å². The van der Waals surface area contributed by atoms with Gasteiger partial charge in [-0.05, 0) is 47.9 Å². The fourth-order valence-electron chi connectivity index (χ4n) is 2.49. The number of benzene rings is 1. The summed E-state index contributed by atoms with van der Waals surface area (Å²) in [5, 5.41) is 0. The molecular formula is C13H19N. The van der Waals surface area contributed by atoms with Gasteiger partial charge in [0.05, 0.1) is 0 Å². The van der Waals surface area contributed by atoms with Crippen molar-refractivity contribution in [3.05, 3.63) is 34.4 Å². The Morgan fingerprint density at radius 2 is 2.07 bits per heavy atom. The van der Waals surface area contributed by atoms with Crippen LogP contribution in [0.5, 0.6) is 0 Å². The summed E-state index contributed by atoms with van der Waals surface area (Å²) in [6.07, 6.45) is 4.56. The van der Waals surface area contributed by atoms with Crippen molar-refractivity contribution in [2.24, 2.45) is 5.73 Å². The van der Waals surface area contributed by atoms with Gasteiger partial charge < -0.3 is 5.73 Å². The highest BCUT2D eigenvalue weighted by molar-refractivity contribution is 5.44. The van der Waals surface area contributed by atoms with Crippen LogP contribution in [0.1, 0.15) is 48.6 Å². The van der Waals surface area contributed by atoms with E-state index < -0.39 is 0 Å². The Morgan fingerprint density at radius 1 is 1.29 bits per heavy atom. The molecule has 1 aliphatic carbocycles. The molecule has 1 heteroatoms. The van der Waals surface area contributed by atoms with Crippen LogP contribution in [-0.2, 0) is 19.3 Å². The van der Waals surface area contributed by atoms with Gasteiger partial charge in [0.1, 0.15) is 0 Å². The topological polar surface area (TPSA) is 26.0 Å². The van der Waals surface area contributed by atoms with Gasteiger partial charge in [-0.2, -0.15) is 0 Å². The first kappa shape index (κ1) is 9.72. The molecule has 0 fully saturated rings. The molecule has 1 aliphatic rings. The fourth-order valence-corrected chi connectivity index (χ4v) is 2.49. The van der Waals surface area contributed by atoms with Crippen LogP contribution < -0.4 is 5.73 Å².